The SMILES string of the molecule is Cc1ccc(NC2CCC(N)C2)cn1. The lowest BCUT2D eigenvalue weighted by molar-refractivity contribution is 0.687. The predicted molar refractivity (Wildman–Crippen MR) is 58.2 cm³/mol. The average Bonchev–Trinajstić information content (AvgIpc) is 2.56. The molecular formula is C11H17N3. The van der Waals surface area contributed by atoms with Crippen LogP contribution in [0.25, 0.3) is 0 Å². The molecule has 3 N–H and O–H groups in total. The van der Waals surface area contributed by atoms with E-state index in [1.54, 1.807) is 0 Å². The Morgan fingerprint density at radius 2 is 2.29 bits per heavy atom. The van der Waals surface area contributed by atoms with Crippen molar-refractivity contribution in [2.75, 3.05) is 5.32 Å². The van der Waals surface area contributed by atoms with Crippen LogP contribution in [0.5, 0.6) is 0 Å². The molecule has 1 fully saturated rings. The van der Waals surface area contributed by atoms with E-state index in [0.717, 1.165) is 24.2 Å². The molecule has 76 valence electrons. The van der Waals surface area contributed by atoms with E-state index in [2.05, 4.69) is 16.4 Å². The molecule has 0 amide bonds. The van der Waals surface area contributed by atoms with Gasteiger partial charge >= 0.3 is 0 Å². The number of rotatable bonds is 2. The first-order chi connectivity index (χ1) is 6.74. The van der Waals surface area contributed by atoms with Gasteiger partial charge in [0.25, 0.3) is 0 Å². The minimum Gasteiger partial charge on any atom is -0.381 e. The third kappa shape index (κ3) is 2.23. The van der Waals surface area contributed by atoms with Crippen LogP contribution in [0.4, 0.5) is 5.69 Å². The summed E-state index contributed by atoms with van der Waals surface area (Å²) in [6, 6.07) is 5.02. The molecule has 3 heteroatoms. The highest BCUT2D eigenvalue weighted by Gasteiger charge is 2.21. The van der Waals surface area contributed by atoms with Gasteiger partial charge < -0.3 is 11.1 Å². The van der Waals surface area contributed by atoms with Crippen molar-refractivity contribution in [1.29, 1.82) is 0 Å². The standard InChI is InChI=1S/C11H17N3/c1-8-2-4-11(7-13-8)14-10-5-3-9(12)6-10/h2,4,7,9-10,14H,3,5-6,12H2,1H3. The van der Waals surface area contributed by atoms with Gasteiger partial charge in [-0.25, -0.2) is 0 Å². The van der Waals surface area contributed by atoms with Crippen molar-refractivity contribution in [2.45, 2.75) is 38.3 Å². The summed E-state index contributed by atoms with van der Waals surface area (Å²) >= 11 is 0. The van der Waals surface area contributed by atoms with Gasteiger partial charge in [-0.1, -0.05) is 0 Å². The molecule has 2 unspecified atom stereocenters. The summed E-state index contributed by atoms with van der Waals surface area (Å²) in [5.74, 6) is 0. The number of hydrogen-bond donors (Lipinski definition) is 2. The van der Waals surface area contributed by atoms with Crippen LogP contribution in [-0.4, -0.2) is 17.1 Å². The van der Waals surface area contributed by atoms with Crippen LogP contribution < -0.4 is 11.1 Å². The number of pyridine rings is 1. The maximum absolute atomic E-state index is 5.85. The van der Waals surface area contributed by atoms with E-state index in [1.165, 1.54) is 6.42 Å². The minimum absolute atomic E-state index is 0.380. The topological polar surface area (TPSA) is 50.9 Å². The molecule has 0 aromatic carbocycles. The first-order valence-electron chi connectivity index (χ1n) is 5.19. The fourth-order valence-electron chi connectivity index (χ4n) is 1.94. The molecular weight excluding hydrogens is 174 g/mol. The smallest absolute Gasteiger partial charge is 0.0529 e. The highest BCUT2D eigenvalue weighted by molar-refractivity contribution is 5.42. The Morgan fingerprint density at radius 3 is 2.86 bits per heavy atom. The van der Waals surface area contributed by atoms with E-state index in [4.69, 9.17) is 5.73 Å². The van der Waals surface area contributed by atoms with Crippen LogP contribution in [0.2, 0.25) is 0 Å². The fourth-order valence-corrected chi connectivity index (χ4v) is 1.94. The first kappa shape index (κ1) is 9.46. The first-order valence-corrected chi connectivity index (χ1v) is 5.19. The van der Waals surface area contributed by atoms with Gasteiger partial charge in [0.2, 0.25) is 0 Å². The molecule has 2 atom stereocenters. The number of aromatic nitrogens is 1. The Balaban J connectivity index is 1.94. The van der Waals surface area contributed by atoms with Gasteiger partial charge in [-0.15, -0.1) is 0 Å². The zero-order valence-corrected chi connectivity index (χ0v) is 8.53. The molecule has 0 saturated heterocycles. The lowest BCUT2D eigenvalue weighted by Gasteiger charge is -2.13. The van der Waals surface area contributed by atoms with Crippen molar-refractivity contribution >= 4 is 5.69 Å². The Bertz CT molecular complexity index is 294. The Hall–Kier alpha value is -1.09. The Labute approximate surface area is 84.7 Å². The Kier molecular flexibility index (Phi) is 2.68. The van der Waals surface area contributed by atoms with Gasteiger partial charge in [-0.3, -0.25) is 4.98 Å². The van der Waals surface area contributed by atoms with Crippen molar-refractivity contribution < 1.29 is 0 Å². The zero-order valence-electron chi connectivity index (χ0n) is 8.53. The summed E-state index contributed by atoms with van der Waals surface area (Å²) in [7, 11) is 0. The molecule has 0 radical (unpaired) electrons. The second kappa shape index (κ2) is 3.96. The van der Waals surface area contributed by atoms with Gasteiger partial charge in [-0.05, 0) is 38.3 Å². The number of aryl methyl sites for hydroxylation is 1. The van der Waals surface area contributed by atoms with E-state index in [-0.39, 0.29) is 0 Å². The molecule has 3 nitrogen and oxygen atoms in total. The van der Waals surface area contributed by atoms with Crippen molar-refractivity contribution in [3.63, 3.8) is 0 Å². The monoisotopic (exact) mass is 191 g/mol. The summed E-state index contributed by atoms with van der Waals surface area (Å²) in [4.78, 5) is 4.25. The third-order valence-corrected chi connectivity index (χ3v) is 2.76. The van der Waals surface area contributed by atoms with Crippen molar-refractivity contribution in [3.8, 4) is 0 Å². The molecule has 1 aromatic heterocycles. The van der Waals surface area contributed by atoms with Crippen LogP contribution in [0.1, 0.15) is 25.0 Å². The van der Waals surface area contributed by atoms with Crippen LogP contribution in [0, 0.1) is 6.92 Å². The second-order valence-electron chi connectivity index (χ2n) is 4.10. The van der Waals surface area contributed by atoms with E-state index in [9.17, 15) is 0 Å². The molecule has 1 aliphatic rings. The molecule has 2 rings (SSSR count). The summed E-state index contributed by atoms with van der Waals surface area (Å²) in [6.45, 7) is 2.00. The van der Waals surface area contributed by atoms with Crippen LogP contribution in [-0.2, 0) is 0 Å². The second-order valence-corrected chi connectivity index (χ2v) is 4.10. The zero-order chi connectivity index (χ0) is 9.97. The number of nitrogens with one attached hydrogen (secondary N) is 1. The lowest BCUT2D eigenvalue weighted by Crippen LogP contribution is -2.20. The molecule has 1 aliphatic carbocycles. The van der Waals surface area contributed by atoms with Gasteiger partial charge in [0, 0.05) is 17.8 Å². The number of nitrogens with zero attached hydrogens (tertiary/aromatic N) is 1. The molecule has 0 spiro atoms. The number of hydrogen-bond acceptors (Lipinski definition) is 3. The Morgan fingerprint density at radius 1 is 1.43 bits per heavy atom. The summed E-state index contributed by atoms with van der Waals surface area (Å²) in [6.07, 6.45) is 5.28. The normalized spacial score (nSPS) is 26.4. The van der Waals surface area contributed by atoms with Crippen molar-refractivity contribution in [1.82, 2.24) is 4.98 Å². The maximum Gasteiger partial charge on any atom is 0.0529 e. The quantitative estimate of drug-likeness (QED) is 0.747. The van der Waals surface area contributed by atoms with Crippen LogP contribution in [0.15, 0.2) is 18.3 Å². The number of anilines is 1. The predicted octanol–water partition coefficient (Wildman–Crippen LogP) is 1.68. The highest BCUT2D eigenvalue weighted by Crippen LogP contribution is 2.21. The minimum atomic E-state index is 0.380. The van der Waals surface area contributed by atoms with Gasteiger partial charge in [-0.2, -0.15) is 0 Å². The van der Waals surface area contributed by atoms with Crippen molar-refractivity contribution in [2.24, 2.45) is 5.73 Å². The molecule has 1 heterocycles. The summed E-state index contributed by atoms with van der Waals surface area (Å²) < 4.78 is 0. The maximum atomic E-state index is 5.85. The van der Waals surface area contributed by atoms with E-state index in [1.807, 2.05) is 19.2 Å². The number of nitrogens with two attached hydrogens (primary N) is 1. The lowest BCUT2D eigenvalue weighted by atomic mass is 10.2. The molecule has 1 saturated carbocycles. The molecule has 14 heavy (non-hydrogen) atoms. The third-order valence-electron chi connectivity index (χ3n) is 2.76. The van der Waals surface area contributed by atoms with Crippen LogP contribution >= 0.6 is 0 Å². The van der Waals surface area contributed by atoms with E-state index < -0.39 is 0 Å². The van der Waals surface area contributed by atoms with Gasteiger partial charge in [0.15, 0.2) is 0 Å². The summed E-state index contributed by atoms with van der Waals surface area (Å²) in [5.41, 5.74) is 8.01. The molecule has 0 bridgehead atoms. The largest absolute Gasteiger partial charge is 0.381 e. The van der Waals surface area contributed by atoms with Crippen LogP contribution in [0.3, 0.4) is 0 Å². The van der Waals surface area contributed by atoms with E-state index in [0.29, 0.717) is 12.1 Å². The average molecular weight is 191 g/mol. The van der Waals surface area contributed by atoms with Crippen molar-refractivity contribution in [3.05, 3.63) is 24.0 Å². The molecule has 0 aliphatic heterocycles. The van der Waals surface area contributed by atoms with Gasteiger partial charge in [0.05, 0.1) is 11.9 Å². The molecule has 1 aromatic rings. The van der Waals surface area contributed by atoms with Gasteiger partial charge in [0.1, 0.15) is 0 Å². The highest BCUT2D eigenvalue weighted by atomic mass is 14.9. The fraction of sp³-hybridized carbons (Fsp3) is 0.545. The van der Waals surface area contributed by atoms with E-state index >= 15 is 0 Å². The summed E-state index contributed by atoms with van der Waals surface area (Å²) in [5, 5.41) is 3.46.